The van der Waals surface area contributed by atoms with Gasteiger partial charge in [-0.25, -0.2) is 9.78 Å². The van der Waals surface area contributed by atoms with Crippen LogP contribution in [-0.2, 0) is 4.74 Å². The summed E-state index contributed by atoms with van der Waals surface area (Å²) in [5, 5.41) is 0. The zero-order chi connectivity index (χ0) is 10.8. The third-order valence-electron chi connectivity index (χ3n) is 2.09. The molecular weight excluding hydrogens is 192 g/mol. The molecule has 0 saturated carbocycles. The van der Waals surface area contributed by atoms with E-state index in [1.54, 1.807) is 19.1 Å². The summed E-state index contributed by atoms with van der Waals surface area (Å²) in [6.07, 6.45) is 3.71. The Morgan fingerprint density at radius 1 is 1.60 bits per heavy atom. The monoisotopic (exact) mass is 204 g/mol. The van der Waals surface area contributed by atoms with Crippen molar-refractivity contribution in [2.45, 2.75) is 13.8 Å². The van der Waals surface area contributed by atoms with Crippen molar-refractivity contribution in [1.82, 2.24) is 9.38 Å². The Labute approximate surface area is 87.5 Å². The number of aromatic nitrogens is 2. The van der Waals surface area contributed by atoms with Crippen molar-refractivity contribution in [3.8, 4) is 0 Å². The summed E-state index contributed by atoms with van der Waals surface area (Å²) >= 11 is 0. The summed E-state index contributed by atoms with van der Waals surface area (Å²) in [7, 11) is 0. The molecule has 0 spiro atoms. The van der Waals surface area contributed by atoms with E-state index in [0.717, 1.165) is 11.3 Å². The third kappa shape index (κ3) is 1.83. The summed E-state index contributed by atoms with van der Waals surface area (Å²) in [5.74, 6) is -0.305. The number of esters is 1. The number of nitrogens with zero attached hydrogens (tertiary/aromatic N) is 2. The molecule has 0 aliphatic rings. The normalized spacial score (nSPS) is 10.5. The Bertz CT molecular complexity index is 502. The summed E-state index contributed by atoms with van der Waals surface area (Å²) in [6, 6.07) is 3.46. The lowest BCUT2D eigenvalue weighted by Gasteiger charge is -2.01. The topological polar surface area (TPSA) is 43.6 Å². The van der Waals surface area contributed by atoms with E-state index >= 15 is 0 Å². The minimum absolute atomic E-state index is 0.305. The Kier molecular flexibility index (Phi) is 2.41. The molecule has 15 heavy (non-hydrogen) atoms. The van der Waals surface area contributed by atoms with Crippen LogP contribution in [0, 0.1) is 6.92 Å². The molecule has 0 atom stereocenters. The van der Waals surface area contributed by atoms with E-state index in [9.17, 15) is 4.79 Å². The van der Waals surface area contributed by atoms with Crippen LogP contribution in [0.15, 0.2) is 24.5 Å². The maximum absolute atomic E-state index is 11.4. The molecule has 0 aliphatic heterocycles. The predicted molar refractivity (Wildman–Crippen MR) is 55.9 cm³/mol. The van der Waals surface area contributed by atoms with Crippen LogP contribution in [0.4, 0.5) is 0 Å². The Morgan fingerprint density at radius 2 is 2.40 bits per heavy atom. The van der Waals surface area contributed by atoms with E-state index < -0.39 is 0 Å². The maximum Gasteiger partial charge on any atom is 0.338 e. The number of hydrogen-bond acceptors (Lipinski definition) is 3. The van der Waals surface area contributed by atoms with Gasteiger partial charge in [-0.3, -0.25) is 0 Å². The summed E-state index contributed by atoms with van der Waals surface area (Å²) in [5.41, 5.74) is 2.23. The van der Waals surface area contributed by atoms with Gasteiger partial charge >= 0.3 is 5.97 Å². The fourth-order valence-electron chi connectivity index (χ4n) is 1.45. The molecule has 2 aromatic rings. The number of carbonyl (C=O) groups excluding carboxylic acids is 1. The Morgan fingerprint density at radius 3 is 3.13 bits per heavy atom. The van der Waals surface area contributed by atoms with Gasteiger partial charge in [0.15, 0.2) is 0 Å². The lowest BCUT2D eigenvalue weighted by molar-refractivity contribution is 0.0526. The second-order valence-corrected chi connectivity index (χ2v) is 3.28. The van der Waals surface area contributed by atoms with Gasteiger partial charge in [-0.1, -0.05) is 0 Å². The van der Waals surface area contributed by atoms with Gasteiger partial charge in [-0.05, 0) is 26.0 Å². The van der Waals surface area contributed by atoms with Crippen LogP contribution in [0.5, 0.6) is 0 Å². The standard InChI is InChI=1S/C11H12N2O2/c1-3-15-11(14)9-4-5-13-7-8(2)12-10(13)6-9/h4-7H,3H2,1-2H3. The van der Waals surface area contributed by atoms with Gasteiger partial charge in [0.2, 0.25) is 0 Å². The minimum Gasteiger partial charge on any atom is -0.462 e. The lowest BCUT2D eigenvalue weighted by Crippen LogP contribution is -2.04. The molecule has 78 valence electrons. The SMILES string of the molecule is CCOC(=O)c1ccn2cc(C)nc2c1. The molecule has 0 fully saturated rings. The summed E-state index contributed by atoms with van der Waals surface area (Å²) in [6.45, 7) is 4.09. The first-order valence-corrected chi connectivity index (χ1v) is 4.83. The number of ether oxygens (including phenoxy) is 1. The number of rotatable bonds is 2. The van der Waals surface area contributed by atoms with E-state index in [4.69, 9.17) is 4.74 Å². The molecule has 0 aromatic carbocycles. The van der Waals surface area contributed by atoms with Crippen molar-refractivity contribution >= 4 is 11.6 Å². The van der Waals surface area contributed by atoms with Gasteiger partial charge < -0.3 is 9.14 Å². The molecule has 0 N–H and O–H groups in total. The maximum atomic E-state index is 11.4. The van der Waals surface area contributed by atoms with Crippen molar-refractivity contribution in [3.63, 3.8) is 0 Å². The Balaban J connectivity index is 2.41. The van der Waals surface area contributed by atoms with E-state index in [-0.39, 0.29) is 5.97 Å². The molecule has 0 radical (unpaired) electrons. The van der Waals surface area contributed by atoms with E-state index in [1.807, 2.05) is 23.7 Å². The minimum atomic E-state index is -0.305. The molecule has 4 heteroatoms. The van der Waals surface area contributed by atoms with Crippen molar-refractivity contribution < 1.29 is 9.53 Å². The van der Waals surface area contributed by atoms with Crippen molar-refractivity contribution in [3.05, 3.63) is 35.8 Å². The highest BCUT2D eigenvalue weighted by molar-refractivity contribution is 5.90. The average Bonchev–Trinajstić information content (AvgIpc) is 2.57. The van der Waals surface area contributed by atoms with E-state index in [1.165, 1.54) is 0 Å². The number of carbonyl (C=O) groups is 1. The highest BCUT2D eigenvalue weighted by Gasteiger charge is 2.07. The quantitative estimate of drug-likeness (QED) is 0.701. The first kappa shape index (κ1) is 9.71. The first-order valence-electron chi connectivity index (χ1n) is 4.83. The van der Waals surface area contributed by atoms with Gasteiger partial charge in [0.05, 0.1) is 17.9 Å². The Hall–Kier alpha value is -1.84. The van der Waals surface area contributed by atoms with E-state index in [2.05, 4.69) is 4.98 Å². The number of fused-ring (bicyclic) bond motifs is 1. The number of pyridine rings is 1. The molecule has 0 bridgehead atoms. The third-order valence-corrected chi connectivity index (χ3v) is 2.09. The smallest absolute Gasteiger partial charge is 0.338 e. The molecule has 0 saturated heterocycles. The van der Waals surface area contributed by atoms with Gasteiger partial charge in [0.1, 0.15) is 5.65 Å². The molecular formula is C11H12N2O2. The second kappa shape index (κ2) is 3.73. The van der Waals surface area contributed by atoms with Crippen LogP contribution in [0.25, 0.3) is 5.65 Å². The van der Waals surface area contributed by atoms with Crippen molar-refractivity contribution in [2.24, 2.45) is 0 Å². The number of hydrogen-bond donors (Lipinski definition) is 0. The molecule has 2 rings (SSSR count). The fourth-order valence-corrected chi connectivity index (χ4v) is 1.45. The molecule has 4 nitrogen and oxygen atoms in total. The highest BCUT2D eigenvalue weighted by Crippen LogP contribution is 2.08. The zero-order valence-electron chi connectivity index (χ0n) is 8.73. The van der Waals surface area contributed by atoms with Crippen LogP contribution in [-0.4, -0.2) is 22.0 Å². The van der Waals surface area contributed by atoms with Crippen molar-refractivity contribution in [2.75, 3.05) is 6.61 Å². The molecule has 0 unspecified atom stereocenters. The predicted octanol–water partition coefficient (Wildman–Crippen LogP) is 1.82. The lowest BCUT2D eigenvalue weighted by atomic mass is 10.3. The van der Waals surface area contributed by atoms with Crippen LogP contribution in [0.3, 0.4) is 0 Å². The average molecular weight is 204 g/mol. The largest absolute Gasteiger partial charge is 0.462 e. The van der Waals surface area contributed by atoms with Gasteiger partial charge in [0, 0.05) is 12.4 Å². The number of aryl methyl sites for hydroxylation is 1. The summed E-state index contributed by atoms with van der Waals surface area (Å²) in [4.78, 5) is 15.7. The highest BCUT2D eigenvalue weighted by atomic mass is 16.5. The van der Waals surface area contributed by atoms with Crippen molar-refractivity contribution in [1.29, 1.82) is 0 Å². The van der Waals surface area contributed by atoms with Crippen LogP contribution in [0.2, 0.25) is 0 Å². The van der Waals surface area contributed by atoms with Gasteiger partial charge in [-0.15, -0.1) is 0 Å². The molecule has 0 aliphatic carbocycles. The first-order chi connectivity index (χ1) is 7.20. The zero-order valence-corrected chi connectivity index (χ0v) is 8.73. The number of imidazole rings is 1. The van der Waals surface area contributed by atoms with Crippen LogP contribution < -0.4 is 0 Å². The van der Waals surface area contributed by atoms with Gasteiger partial charge in [-0.2, -0.15) is 0 Å². The second-order valence-electron chi connectivity index (χ2n) is 3.28. The summed E-state index contributed by atoms with van der Waals surface area (Å²) < 4.78 is 6.78. The van der Waals surface area contributed by atoms with E-state index in [0.29, 0.717) is 12.2 Å². The molecule has 0 amide bonds. The van der Waals surface area contributed by atoms with Crippen LogP contribution >= 0.6 is 0 Å². The van der Waals surface area contributed by atoms with Gasteiger partial charge in [0.25, 0.3) is 0 Å². The van der Waals surface area contributed by atoms with Crippen LogP contribution in [0.1, 0.15) is 23.0 Å². The fraction of sp³-hybridized carbons (Fsp3) is 0.273. The molecule has 2 aromatic heterocycles. The molecule has 2 heterocycles.